The molecule has 0 spiro atoms. The molecule has 0 radical (unpaired) electrons. The summed E-state index contributed by atoms with van der Waals surface area (Å²) < 4.78 is 12.3. The number of benzene rings is 1. The number of aromatic nitrogens is 3. The lowest BCUT2D eigenvalue weighted by atomic mass is 9.85. The van der Waals surface area contributed by atoms with Gasteiger partial charge in [-0.05, 0) is 49.9 Å². The fourth-order valence-corrected chi connectivity index (χ4v) is 4.00. The Labute approximate surface area is 179 Å². The van der Waals surface area contributed by atoms with Crippen molar-refractivity contribution in [3.05, 3.63) is 42.2 Å². The molecule has 1 saturated carbocycles. The Morgan fingerprint density at radius 3 is 2.48 bits per heavy atom. The van der Waals surface area contributed by atoms with E-state index in [2.05, 4.69) is 15.4 Å². The van der Waals surface area contributed by atoms with Gasteiger partial charge in [-0.25, -0.2) is 9.50 Å². The van der Waals surface area contributed by atoms with Gasteiger partial charge in [0.25, 0.3) is 5.91 Å². The number of nitrogens with one attached hydrogen (secondary N) is 1. The highest BCUT2D eigenvalue weighted by Crippen LogP contribution is 2.32. The lowest BCUT2D eigenvalue weighted by molar-refractivity contribution is -0.122. The van der Waals surface area contributed by atoms with Crippen LogP contribution in [0, 0.1) is 5.92 Å². The van der Waals surface area contributed by atoms with Crippen molar-refractivity contribution in [2.24, 2.45) is 11.7 Å². The first kappa shape index (κ1) is 20.6. The van der Waals surface area contributed by atoms with Crippen molar-refractivity contribution in [1.29, 1.82) is 0 Å². The lowest BCUT2D eigenvalue weighted by Crippen LogP contribution is -2.39. The first-order valence-corrected chi connectivity index (χ1v) is 10.2. The molecular formula is C22H25N5O4. The van der Waals surface area contributed by atoms with Gasteiger partial charge in [-0.1, -0.05) is 0 Å². The maximum absolute atomic E-state index is 12.8. The maximum atomic E-state index is 12.8. The molecule has 0 bridgehead atoms. The van der Waals surface area contributed by atoms with Crippen LogP contribution in [-0.2, 0) is 4.79 Å². The Kier molecular flexibility index (Phi) is 5.75. The molecule has 0 aliphatic heterocycles. The van der Waals surface area contributed by atoms with E-state index < -0.39 is 0 Å². The average Bonchev–Trinajstić information content (AvgIpc) is 3.23. The van der Waals surface area contributed by atoms with E-state index in [4.69, 9.17) is 15.2 Å². The number of primary amides is 1. The van der Waals surface area contributed by atoms with Crippen LogP contribution >= 0.6 is 0 Å². The summed E-state index contributed by atoms with van der Waals surface area (Å²) in [5, 5.41) is 7.51. The number of fused-ring (bicyclic) bond motifs is 1. The fraction of sp³-hybridized carbons (Fsp3) is 0.364. The first-order chi connectivity index (χ1) is 15.0. The third kappa shape index (κ3) is 4.16. The number of rotatable bonds is 6. The van der Waals surface area contributed by atoms with E-state index in [0.717, 1.165) is 24.1 Å². The molecule has 4 rings (SSSR count). The van der Waals surface area contributed by atoms with Crippen molar-refractivity contribution in [3.63, 3.8) is 0 Å². The topological polar surface area (TPSA) is 121 Å². The Bertz CT molecular complexity index is 1120. The molecule has 1 aliphatic carbocycles. The molecule has 31 heavy (non-hydrogen) atoms. The van der Waals surface area contributed by atoms with Crippen LogP contribution in [0.2, 0.25) is 0 Å². The van der Waals surface area contributed by atoms with Gasteiger partial charge in [-0.3, -0.25) is 9.59 Å². The third-order valence-corrected chi connectivity index (χ3v) is 5.73. The third-order valence-electron chi connectivity index (χ3n) is 5.73. The molecule has 3 aromatic rings. The van der Waals surface area contributed by atoms with Gasteiger partial charge in [0.05, 0.1) is 19.9 Å². The largest absolute Gasteiger partial charge is 0.493 e. The number of hydrogen-bond donors (Lipinski definition) is 2. The summed E-state index contributed by atoms with van der Waals surface area (Å²) in [5.74, 6) is 0.603. The Morgan fingerprint density at radius 2 is 1.81 bits per heavy atom. The molecule has 0 unspecified atom stereocenters. The zero-order chi connectivity index (χ0) is 22.0. The molecule has 1 aromatic carbocycles. The molecule has 9 nitrogen and oxygen atoms in total. The quantitative estimate of drug-likeness (QED) is 0.627. The second kappa shape index (κ2) is 8.63. The van der Waals surface area contributed by atoms with Gasteiger partial charge in [-0.15, -0.1) is 0 Å². The number of ether oxygens (including phenoxy) is 2. The molecule has 1 fully saturated rings. The standard InChI is InChI=1S/C22H25N5O4/c1-30-18-8-5-14(11-19(18)31-2)17-9-10-24-20-12-16(26-27(17)20)22(29)25-15-6-3-13(4-7-15)21(23)28/h5,8-13,15H,3-4,6-7H2,1-2H3,(H2,23,28)(H,25,29). The minimum absolute atomic E-state index is 0.00573. The second-order valence-electron chi connectivity index (χ2n) is 7.62. The van der Waals surface area contributed by atoms with Gasteiger partial charge in [0, 0.05) is 29.8 Å². The minimum Gasteiger partial charge on any atom is -0.493 e. The summed E-state index contributed by atoms with van der Waals surface area (Å²) in [6, 6.07) is 9.06. The molecule has 162 valence electrons. The Hall–Kier alpha value is -3.62. The van der Waals surface area contributed by atoms with Crippen LogP contribution in [-0.4, -0.2) is 46.7 Å². The van der Waals surface area contributed by atoms with Crippen LogP contribution in [0.15, 0.2) is 36.5 Å². The fourth-order valence-electron chi connectivity index (χ4n) is 4.00. The van der Waals surface area contributed by atoms with Gasteiger partial charge >= 0.3 is 0 Å². The molecule has 3 N–H and O–H groups in total. The number of hydrogen-bond acceptors (Lipinski definition) is 6. The lowest BCUT2D eigenvalue weighted by Gasteiger charge is -2.27. The predicted octanol–water partition coefficient (Wildman–Crippen LogP) is 2.19. The summed E-state index contributed by atoms with van der Waals surface area (Å²) >= 11 is 0. The molecule has 2 heterocycles. The predicted molar refractivity (Wildman–Crippen MR) is 114 cm³/mol. The van der Waals surface area contributed by atoms with Crippen LogP contribution in [0.3, 0.4) is 0 Å². The number of nitrogens with zero attached hydrogens (tertiary/aromatic N) is 3. The second-order valence-corrected chi connectivity index (χ2v) is 7.62. The van der Waals surface area contributed by atoms with Crippen LogP contribution in [0.1, 0.15) is 36.2 Å². The van der Waals surface area contributed by atoms with Crippen LogP contribution in [0.4, 0.5) is 0 Å². The van der Waals surface area contributed by atoms with E-state index in [0.29, 0.717) is 30.0 Å². The first-order valence-electron chi connectivity index (χ1n) is 10.2. The maximum Gasteiger partial charge on any atom is 0.272 e. The summed E-state index contributed by atoms with van der Waals surface area (Å²) in [6.07, 6.45) is 4.51. The molecule has 2 aromatic heterocycles. The van der Waals surface area contributed by atoms with Crippen molar-refractivity contribution in [3.8, 4) is 22.8 Å². The van der Waals surface area contributed by atoms with Gasteiger partial charge in [-0.2, -0.15) is 5.10 Å². The SMILES string of the molecule is COc1ccc(-c2ccnc3cc(C(=O)NC4CCC(C(N)=O)CC4)nn23)cc1OC. The minimum atomic E-state index is -0.265. The molecule has 1 aliphatic rings. The Balaban J connectivity index is 1.57. The van der Waals surface area contributed by atoms with Crippen molar-refractivity contribution >= 4 is 17.5 Å². The summed E-state index contributed by atoms with van der Waals surface area (Å²) in [5.41, 5.74) is 7.86. The smallest absolute Gasteiger partial charge is 0.272 e. The number of amides is 2. The average molecular weight is 423 g/mol. The summed E-state index contributed by atoms with van der Waals surface area (Å²) in [7, 11) is 3.16. The van der Waals surface area contributed by atoms with Gasteiger partial charge in [0.2, 0.25) is 5.91 Å². The Morgan fingerprint density at radius 1 is 1.06 bits per heavy atom. The van der Waals surface area contributed by atoms with Gasteiger partial charge in [0.15, 0.2) is 22.8 Å². The molecule has 0 saturated heterocycles. The number of carbonyl (C=O) groups is 2. The van der Waals surface area contributed by atoms with Crippen LogP contribution in [0.5, 0.6) is 11.5 Å². The molecular weight excluding hydrogens is 398 g/mol. The highest BCUT2D eigenvalue weighted by Gasteiger charge is 2.26. The van der Waals surface area contributed by atoms with Crippen LogP contribution in [0.25, 0.3) is 16.9 Å². The molecule has 0 atom stereocenters. The zero-order valence-electron chi connectivity index (χ0n) is 17.5. The highest BCUT2D eigenvalue weighted by molar-refractivity contribution is 5.93. The number of methoxy groups -OCH3 is 2. The van der Waals surface area contributed by atoms with E-state index in [-0.39, 0.29) is 29.5 Å². The molecule has 9 heteroatoms. The summed E-state index contributed by atoms with van der Waals surface area (Å²) in [6.45, 7) is 0. The van der Waals surface area contributed by atoms with E-state index in [1.165, 1.54) is 0 Å². The van der Waals surface area contributed by atoms with Crippen molar-refractivity contribution in [2.45, 2.75) is 31.7 Å². The van der Waals surface area contributed by atoms with E-state index >= 15 is 0 Å². The van der Waals surface area contributed by atoms with Crippen LogP contribution < -0.4 is 20.5 Å². The molecule has 2 amide bonds. The zero-order valence-corrected chi connectivity index (χ0v) is 17.5. The van der Waals surface area contributed by atoms with Crippen molar-refractivity contribution < 1.29 is 19.1 Å². The highest BCUT2D eigenvalue weighted by atomic mass is 16.5. The van der Waals surface area contributed by atoms with Gasteiger partial charge in [0.1, 0.15) is 0 Å². The number of carbonyl (C=O) groups excluding carboxylic acids is 2. The van der Waals surface area contributed by atoms with E-state index in [9.17, 15) is 9.59 Å². The van der Waals surface area contributed by atoms with E-state index in [1.807, 2.05) is 24.3 Å². The van der Waals surface area contributed by atoms with Gasteiger partial charge < -0.3 is 20.5 Å². The number of nitrogens with two attached hydrogens (primary N) is 1. The van der Waals surface area contributed by atoms with Crippen molar-refractivity contribution in [2.75, 3.05) is 14.2 Å². The monoisotopic (exact) mass is 423 g/mol. The normalized spacial score (nSPS) is 18.5. The van der Waals surface area contributed by atoms with Crippen molar-refractivity contribution in [1.82, 2.24) is 19.9 Å². The summed E-state index contributed by atoms with van der Waals surface area (Å²) in [4.78, 5) is 28.5. The van der Waals surface area contributed by atoms with E-state index in [1.54, 1.807) is 31.0 Å².